The van der Waals surface area contributed by atoms with Gasteiger partial charge in [-0.1, -0.05) is 44.2 Å². The van der Waals surface area contributed by atoms with Gasteiger partial charge in [0.2, 0.25) is 10.0 Å². The van der Waals surface area contributed by atoms with Gasteiger partial charge in [-0.3, -0.25) is 4.79 Å². The van der Waals surface area contributed by atoms with Crippen LogP contribution in [0.5, 0.6) is 0 Å². The number of rotatable bonds is 10. The molecular formula is C27H36N4O3S. The minimum atomic E-state index is -3.25. The number of nitrogens with zero attached hydrogens (tertiary/aromatic N) is 2. The molecule has 3 N–H and O–H groups in total. The van der Waals surface area contributed by atoms with Gasteiger partial charge in [-0.15, -0.1) is 0 Å². The van der Waals surface area contributed by atoms with Crippen LogP contribution in [-0.2, 0) is 10.0 Å². The Kier molecular flexibility index (Phi) is 7.94. The van der Waals surface area contributed by atoms with E-state index < -0.39 is 15.9 Å². The number of amides is 1. The number of hydrogen-bond donors (Lipinski definition) is 2. The third-order valence-corrected chi connectivity index (χ3v) is 9.21. The van der Waals surface area contributed by atoms with Crippen LogP contribution in [0.3, 0.4) is 0 Å². The maximum atomic E-state index is 12.9. The Morgan fingerprint density at radius 1 is 1.09 bits per heavy atom. The average molecular weight is 497 g/mol. The number of piperidine rings is 1. The average Bonchev–Trinajstić information content (AvgIpc) is 3.30. The summed E-state index contributed by atoms with van der Waals surface area (Å²) in [4.78, 5) is 17.8. The quantitative estimate of drug-likeness (QED) is 0.440. The number of carbonyl (C=O) groups excluding carboxylic acids is 1. The Bertz CT molecular complexity index is 1260. The van der Waals surface area contributed by atoms with Gasteiger partial charge < -0.3 is 15.6 Å². The van der Waals surface area contributed by atoms with Crippen molar-refractivity contribution in [3.05, 3.63) is 59.8 Å². The number of H-pyrrole nitrogens is 1. The molecule has 0 bridgehead atoms. The predicted octanol–water partition coefficient (Wildman–Crippen LogP) is 4.17. The molecule has 8 heteroatoms. The second kappa shape index (κ2) is 10.9. The summed E-state index contributed by atoms with van der Waals surface area (Å²) in [5, 5.41) is 0.987. The number of hydrogen-bond acceptors (Lipinski definition) is 4. The topological polar surface area (TPSA) is 99.5 Å². The molecule has 3 aromatic rings. The number of carbonyl (C=O) groups is 1. The van der Waals surface area contributed by atoms with Crippen molar-refractivity contribution in [3.63, 3.8) is 0 Å². The Morgan fingerprint density at radius 2 is 1.77 bits per heavy atom. The van der Waals surface area contributed by atoms with Crippen molar-refractivity contribution >= 4 is 26.8 Å². The number of nitrogens with two attached hydrogens (primary N) is 1. The molecule has 0 spiro atoms. The van der Waals surface area contributed by atoms with Crippen LogP contribution in [0.4, 0.5) is 0 Å². The summed E-state index contributed by atoms with van der Waals surface area (Å²) in [5.74, 6) is -0.0478. The van der Waals surface area contributed by atoms with Crippen LogP contribution < -0.4 is 5.73 Å². The molecule has 0 saturated carbocycles. The first-order chi connectivity index (χ1) is 16.8. The molecule has 1 saturated heterocycles. The predicted molar refractivity (Wildman–Crippen MR) is 142 cm³/mol. The van der Waals surface area contributed by atoms with Gasteiger partial charge in [0.1, 0.15) is 0 Å². The van der Waals surface area contributed by atoms with Crippen molar-refractivity contribution in [1.82, 2.24) is 14.2 Å². The van der Waals surface area contributed by atoms with Crippen LogP contribution >= 0.6 is 0 Å². The zero-order chi connectivity index (χ0) is 25.0. The van der Waals surface area contributed by atoms with E-state index in [9.17, 15) is 13.2 Å². The first kappa shape index (κ1) is 25.4. The molecule has 0 radical (unpaired) electrons. The van der Waals surface area contributed by atoms with Crippen molar-refractivity contribution in [2.75, 3.05) is 38.5 Å². The lowest BCUT2D eigenvalue weighted by molar-refractivity contribution is 0.100. The summed E-state index contributed by atoms with van der Waals surface area (Å²) in [5.41, 5.74) is 10.0. The molecule has 1 fully saturated rings. The second-order valence-electron chi connectivity index (χ2n) is 9.29. The third kappa shape index (κ3) is 5.60. The molecule has 7 nitrogen and oxygen atoms in total. The summed E-state index contributed by atoms with van der Waals surface area (Å²) >= 11 is 0. The van der Waals surface area contributed by atoms with Crippen molar-refractivity contribution in [1.29, 1.82) is 0 Å². The zero-order valence-corrected chi connectivity index (χ0v) is 21.5. The summed E-state index contributed by atoms with van der Waals surface area (Å²) in [7, 11) is -3.25. The van der Waals surface area contributed by atoms with Crippen molar-refractivity contribution in [3.8, 4) is 11.1 Å². The minimum Gasteiger partial charge on any atom is -0.366 e. The summed E-state index contributed by atoms with van der Waals surface area (Å²) in [6.07, 6.45) is 4.13. The first-order valence-corrected chi connectivity index (χ1v) is 14.1. The van der Waals surface area contributed by atoms with Gasteiger partial charge in [0.05, 0.1) is 16.8 Å². The molecule has 188 valence electrons. The van der Waals surface area contributed by atoms with Crippen molar-refractivity contribution in [2.24, 2.45) is 5.73 Å². The number of aromatic amines is 1. The molecule has 2 aromatic carbocycles. The Morgan fingerprint density at radius 3 is 2.40 bits per heavy atom. The number of sulfonamides is 1. The molecule has 0 atom stereocenters. The minimum absolute atomic E-state index is 0.198. The number of fused-ring (bicyclic) bond motifs is 1. The summed E-state index contributed by atoms with van der Waals surface area (Å²) in [6, 6.07) is 13.9. The molecule has 2 heterocycles. The van der Waals surface area contributed by atoms with E-state index in [1.54, 1.807) is 4.31 Å². The largest absolute Gasteiger partial charge is 0.366 e. The van der Waals surface area contributed by atoms with Crippen molar-refractivity contribution < 1.29 is 13.2 Å². The number of nitrogens with one attached hydrogen (secondary N) is 1. The highest BCUT2D eigenvalue weighted by atomic mass is 32.2. The van der Waals surface area contributed by atoms with Gasteiger partial charge in [0.25, 0.3) is 5.91 Å². The fourth-order valence-electron chi connectivity index (χ4n) is 5.17. The van der Waals surface area contributed by atoms with Gasteiger partial charge in [0.15, 0.2) is 0 Å². The molecule has 1 aliphatic rings. The zero-order valence-electron chi connectivity index (χ0n) is 20.7. The fourth-order valence-corrected chi connectivity index (χ4v) is 6.69. The van der Waals surface area contributed by atoms with Crippen LogP contribution in [0.15, 0.2) is 48.7 Å². The van der Waals surface area contributed by atoms with Crippen LogP contribution in [-0.4, -0.2) is 67.0 Å². The number of benzene rings is 2. The first-order valence-electron chi connectivity index (χ1n) is 12.5. The monoisotopic (exact) mass is 496 g/mol. The van der Waals surface area contributed by atoms with E-state index in [4.69, 9.17) is 5.73 Å². The molecule has 0 aliphatic carbocycles. The van der Waals surface area contributed by atoms with E-state index in [0.29, 0.717) is 25.1 Å². The molecule has 0 unspecified atom stereocenters. The third-order valence-electron chi connectivity index (χ3n) is 7.25. The molecular weight excluding hydrogens is 460 g/mol. The van der Waals surface area contributed by atoms with Gasteiger partial charge in [-0.2, -0.15) is 0 Å². The lowest BCUT2D eigenvalue weighted by atomic mass is 9.88. The highest BCUT2D eigenvalue weighted by Gasteiger charge is 2.30. The summed E-state index contributed by atoms with van der Waals surface area (Å²) < 4.78 is 27.5. The smallest absolute Gasteiger partial charge is 0.250 e. The van der Waals surface area contributed by atoms with Crippen LogP contribution in [0.25, 0.3) is 22.0 Å². The van der Waals surface area contributed by atoms with E-state index in [2.05, 4.69) is 29.8 Å². The van der Waals surface area contributed by atoms with Crippen LogP contribution in [0.2, 0.25) is 0 Å². The molecule has 35 heavy (non-hydrogen) atoms. The lowest BCUT2D eigenvalue weighted by Crippen LogP contribution is -2.39. The van der Waals surface area contributed by atoms with E-state index in [1.807, 2.05) is 42.6 Å². The van der Waals surface area contributed by atoms with E-state index >= 15 is 0 Å². The molecule has 4 rings (SSSR count). The maximum Gasteiger partial charge on any atom is 0.250 e. The Labute approximate surface area is 208 Å². The lowest BCUT2D eigenvalue weighted by Gasteiger charge is -2.31. The molecule has 1 aromatic heterocycles. The normalized spacial score (nSPS) is 15.7. The highest BCUT2D eigenvalue weighted by Crippen LogP contribution is 2.37. The standard InChI is InChI=1S/C27H36N4O3S/c1-3-30(4-2)13-8-16-35(33,34)31-14-11-21(12-15-31)25-19-29-26-23(25)17-22(18-24(26)27(28)32)20-9-6-5-7-10-20/h5-7,9-10,17-19,21,29H,3-4,8,11-16H2,1-2H3,(H2,28,32). The van der Waals surface area contributed by atoms with Crippen LogP contribution in [0, 0.1) is 0 Å². The van der Waals surface area contributed by atoms with Gasteiger partial charge in [0, 0.05) is 24.7 Å². The SMILES string of the molecule is CCN(CC)CCCS(=O)(=O)N1CCC(c2c[nH]c3c(C(N)=O)cc(-c4ccccc4)cc23)CC1. The fraction of sp³-hybridized carbons (Fsp3) is 0.444. The van der Waals surface area contributed by atoms with Crippen LogP contribution in [0.1, 0.15) is 54.9 Å². The summed E-state index contributed by atoms with van der Waals surface area (Å²) in [6.45, 7) is 7.93. The highest BCUT2D eigenvalue weighted by molar-refractivity contribution is 7.89. The van der Waals surface area contributed by atoms with Gasteiger partial charge in [-0.05, 0) is 73.6 Å². The molecule has 1 amide bonds. The van der Waals surface area contributed by atoms with E-state index in [1.165, 1.54) is 0 Å². The van der Waals surface area contributed by atoms with Crippen molar-refractivity contribution in [2.45, 2.75) is 39.0 Å². The molecule has 1 aliphatic heterocycles. The van der Waals surface area contributed by atoms with E-state index in [0.717, 1.165) is 60.1 Å². The Hall–Kier alpha value is -2.68. The van der Waals surface area contributed by atoms with E-state index in [-0.39, 0.29) is 11.7 Å². The number of aromatic nitrogens is 1. The van der Waals surface area contributed by atoms with Gasteiger partial charge >= 0.3 is 0 Å². The number of primary amides is 1. The second-order valence-corrected chi connectivity index (χ2v) is 11.4. The Balaban J connectivity index is 1.51. The van der Waals surface area contributed by atoms with Gasteiger partial charge in [-0.25, -0.2) is 12.7 Å². The maximum absolute atomic E-state index is 12.9.